The second-order valence-corrected chi connectivity index (χ2v) is 3.72. The largest absolute Gasteiger partial charge is 0.455 e. The Kier molecular flexibility index (Phi) is 2.77. The Hall–Kier alpha value is -2.03. The molecule has 0 aliphatic heterocycles. The molecule has 2 rings (SSSR count). The van der Waals surface area contributed by atoms with Crippen LogP contribution in [0.25, 0.3) is 0 Å². The third kappa shape index (κ3) is 2.14. The molecular weight excluding hydrogens is 200 g/mol. The van der Waals surface area contributed by atoms with Crippen molar-refractivity contribution in [2.45, 2.75) is 13.8 Å². The molecule has 1 aromatic carbocycles. The maximum absolute atomic E-state index is 5.93. The van der Waals surface area contributed by atoms with Crippen molar-refractivity contribution in [3.63, 3.8) is 0 Å². The molecule has 82 valence electrons. The summed E-state index contributed by atoms with van der Waals surface area (Å²) in [6.07, 6.45) is 1.72. The zero-order chi connectivity index (χ0) is 11.5. The van der Waals surface area contributed by atoms with E-state index in [1.807, 2.05) is 44.2 Å². The predicted octanol–water partition coefficient (Wildman–Crippen LogP) is 3.07. The Morgan fingerprint density at radius 2 is 2.00 bits per heavy atom. The summed E-state index contributed by atoms with van der Waals surface area (Å²) < 4.78 is 5.71. The first-order chi connectivity index (χ1) is 7.66. The quantitative estimate of drug-likeness (QED) is 0.781. The Bertz CT molecular complexity index is 509. The summed E-state index contributed by atoms with van der Waals surface area (Å²) in [6.45, 7) is 3.88. The molecule has 0 atom stereocenters. The van der Waals surface area contributed by atoms with E-state index in [0.29, 0.717) is 11.4 Å². The van der Waals surface area contributed by atoms with Crippen molar-refractivity contribution in [2.24, 2.45) is 0 Å². The molecule has 2 N–H and O–H groups in total. The number of pyridine rings is 1. The minimum Gasteiger partial charge on any atom is -0.455 e. The van der Waals surface area contributed by atoms with Gasteiger partial charge in [0.1, 0.15) is 5.75 Å². The molecule has 16 heavy (non-hydrogen) atoms. The molecule has 0 fully saturated rings. The van der Waals surface area contributed by atoms with Crippen LogP contribution < -0.4 is 10.5 Å². The van der Waals surface area contributed by atoms with Crippen molar-refractivity contribution in [2.75, 3.05) is 5.73 Å². The fraction of sp³-hybridized carbons (Fsp3) is 0.154. The van der Waals surface area contributed by atoms with Gasteiger partial charge in [0.15, 0.2) is 5.75 Å². The van der Waals surface area contributed by atoms with Gasteiger partial charge in [-0.2, -0.15) is 0 Å². The minimum absolute atomic E-state index is 0.678. The summed E-state index contributed by atoms with van der Waals surface area (Å²) in [5.74, 6) is 1.44. The molecule has 1 heterocycles. The Labute approximate surface area is 94.9 Å². The van der Waals surface area contributed by atoms with Crippen molar-refractivity contribution in [1.29, 1.82) is 0 Å². The molecule has 0 saturated carbocycles. The van der Waals surface area contributed by atoms with E-state index in [1.54, 1.807) is 6.20 Å². The first-order valence-corrected chi connectivity index (χ1v) is 5.12. The standard InChI is InChI=1S/C13H14N2O/c1-9-4-3-5-12(13(9)14)16-11-6-7-15-10(2)8-11/h3-8H,14H2,1-2H3. The van der Waals surface area contributed by atoms with E-state index < -0.39 is 0 Å². The SMILES string of the molecule is Cc1cc(Oc2cccc(C)c2N)ccn1. The molecule has 0 amide bonds. The highest BCUT2D eigenvalue weighted by Crippen LogP contribution is 2.29. The number of hydrogen-bond donors (Lipinski definition) is 1. The molecule has 0 aliphatic rings. The van der Waals surface area contributed by atoms with Gasteiger partial charge in [-0.05, 0) is 31.5 Å². The highest BCUT2D eigenvalue weighted by Gasteiger charge is 2.04. The molecule has 0 spiro atoms. The lowest BCUT2D eigenvalue weighted by atomic mass is 10.2. The number of nitrogens with two attached hydrogens (primary N) is 1. The zero-order valence-corrected chi connectivity index (χ0v) is 9.40. The monoisotopic (exact) mass is 214 g/mol. The number of benzene rings is 1. The van der Waals surface area contributed by atoms with Crippen LogP contribution in [-0.2, 0) is 0 Å². The summed E-state index contributed by atoms with van der Waals surface area (Å²) in [5, 5.41) is 0. The van der Waals surface area contributed by atoms with E-state index in [-0.39, 0.29) is 0 Å². The summed E-state index contributed by atoms with van der Waals surface area (Å²) in [5.41, 5.74) is 8.54. The number of ether oxygens (including phenoxy) is 1. The van der Waals surface area contributed by atoms with Crippen LogP contribution in [0.4, 0.5) is 5.69 Å². The molecule has 0 radical (unpaired) electrons. The van der Waals surface area contributed by atoms with Crippen LogP contribution in [0.5, 0.6) is 11.5 Å². The zero-order valence-electron chi connectivity index (χ0n) is 9.40. The highest BCUT2D eigenvalue weighted by atomic mass is 16.5. The normalized spacial score (nSPS) is 10.1. The van der Waals surface area contributed by atoms with Crippen molar-refractivity contribution in [1.82, 2.24) is 4.98 Å². The summed E-state index contributed by atoms with van der Waals surface area (Å²) in [4.78, 5) is 4.11. The van der Waals surface area contributed by atoms with E-state index in [4.69, 9.17) is 10.5 Å². The molecule has 0 aliphatic carbocycles. The minimum atomic E-state index is 0.678. The van der Waals surface area contributed by atoms with Crippen LogP contribution in [0.2, 0.25) is 0 Å². The number of hydrogen-bond acceptors (Lipinski definition) is 3. The molecule has 0 bridgehead atoms. The number of aryl methyl sites for hydroxylation is 2. The van der Waals surface area contributed by atoms with Crippen LogP contribution in [0.15, 0.2) is 36.5 Å². The lowest BCUT2D eigenvalue weighted by Gasteiger charge is -2.10. The van der Waals surface area contributed by atoms with Crippen LogP contribution in [0, 0.1) is 13.8 Å². The smallest absolute Gasteiger partial charge is 0.150 e. The second kappa shape index (κ2) is 4.23. The molecule has 1 aromatic heterocycles. The Balaban J connectivity index is 2.31. The molecular formula is C13H14N2O. The Morgan fingerprint density at radius 3 is 2.75 bits per heavy atom. The van der Waals surface area contributed by atoms with Crippen molar-refractivity contribution in [3.8, 4) is 11.5 Å². The average molecular weight is 214 g/mol. The van der Waals surface area contributed by atoms with Gasteiger partial charge in [0.25, 0.3) is 0 Å². The number of rotatable bonds is 2. The first kappa shape index (κ1) is 10.5. The molecule has 2 aromatic rings. The lowest BCUT2D eigenvalue weighted by molar-refractivity contribution is 0.483. The highest BCUT2D eigenvalue weighted by molar-refractivity contribution is 5.58. The van der Waals surface area contributed by atoms with Gasteiger partial charge in [0.05, 0.1) is 5.69 Å². The summed E-state index contributed by atoms with van der Waals surface area (Å²) in [7, 11) is 0. The molecule has 0 saturated heterocycles. The fourth-order valence-corrected chi connectivity index (χ4v) is 1.45. The van der Waals surface area contributed by atoms with Gasteiger partial charge >= 0.3 is 0 Å². The summed E-state index contributed by atoms with van der Waals surface area (Å²) in [6, 6.07) is 9.43. The maximum Gasteiger partial charge on any atom is 0.150 e. The molecule has 3 heteroatoms. The topological polar surface area (TPSA) is 48.1 Å². The number of nitrogens with zero attached hydrogens (tertiary/aromatic N) is 1. The molecule has 0 unspecified atom stereocenters. The van der Waals surface area contributed by atoms with Gasteiger partial charge in [-0.3, -0.25) is 4.98 Å². The Morgan fingerprint density at radius 1 is 1.19 bits per heavy atom. The summed E-state index contributed by atoms with van der Waals surface area (Å²) >= 11 is 0. The van der Waals surface area contributed by atoms with Crippen molar-refractivity contribution in [3.05, 3.63) is 47.8 Å². The number of aromatic nitrogens is 1. The van der Waals surface area contributed by atoms with Crippen LogP contribution in [-0.4, -0.2) is 4.98 Å². The molecule has 3 nitrogen and oxygen atoms in total. The van der Waals surface area contributed by atoms with Gasteiger partial charge < -0.3 is 10.5 Å². The van der Waals surface area contributed by atoms with E-state index in [9.17, 15) is 0 Å². The predicted molar refractivity (Wildman–Crippen MR) is 64.6 cm³/mol. The van der Waals surface area contributed by atoms with Gasteiger partial charge in [0, 0.05) is 18.0 Å². The van der Waals surface area contributed by atoms with E-state index >= 15 is 0 Å². The number of para-hydroxylation sites is 1. The number of nitrogen functional groups attached to an aromatic ring is 1. The van der Waals surface area contributed by atoms with Crippen LogP contribution >= 0.6 is 0 Å². The lowest BCUT2D eigenvalue weighted by Crippen LogP contribution is -1.95. The van der Waals surface area contributed by atoms with Gasteiger partial charge in [-0.25, -0.2) is 0 Å². The van der Waals surface area contributed by atoms with Gasteiger partial charge in [-0.15, -0.1) is 0 Å². The fourth-order valence-electron chi connectivity index (χ4n) is 1.45. The third-order valence-electron chi connectivity index (χ3n) is 2.38. The van der Waals surface area contributed by atoms with E-state index in [1.165, 1.54) is 0 Å². The second-order valence-electron chi connectivity index (χ2n) is 3.72. The van der Waals surface area contributed by atoms with Crippen LogP contribution in [0.1, 0.15) is 11.3 Å². The van der Waals surface area contributed by atoms with Crippen molar-refractivity contribution >= 4 is 5.69 Å². The van der Waals surface area contributed by atoms with Crippen molar-refractivity contribution < 1.29 is 4.74 Å². The van der Waals surface area contributed by atoms with Gasteiger partial charge in [0.2, 0.25) is 0 Å². The first-order valence-electron chi connectivity index (χ1n) is 5.12. The average Bonchev–Trinajstić information content (AvgIpc) is 2.25. The van der Waals surface area contributed by atoms with Crippen LogP contribution in [0.3, 0.4) is 0 Å². The van der Waals surface area contributed by atoms with E-state index in [0.717, 1.165) is 17.0 Å². The third-order valence-corrected chi connectivity index (χ3v) is 2.38. The van der Waals surface area contributed by atoms with E-state index in [2.05, 4.69) is 4.98 Å². The number of anilines is 1. The van der Waals surface area contributed by atoms with Gasteiger partial charge in [-0.1, -0.05) is 12.1 Å². The maximum atomic E-state index is 5.93.